The van der Waals surface area contributed by atoms with E-state index < -0.39 is 26.7 Å². The predicted molar refractivity (Wildman–Crippen MR) is 88.3 cm³/mol. The Morgan fingerprint density at radius 1 is 1.32 bits per heavy atom. The van der Waals surface area contributed by atoms with Crippen LogP contribution in [0.25, 0.3) is 0 Å². The molecular formula is C14H20N4O6S. The van der Waals surface area contributed by atoms with Crippen LogP contribution in [0.15, 0.2) is 29.2 Å². The first-order chi connectivity index (χ1) is 11.8. The zero-order valence-electron chi connectivity index (χ0n) is 13.7. The number of nitro groups is 1. The van der Waals surface area contributed by atoms with Gasteiger partial charge in [-0.15, -0.1) is 0 Å². The Morgan fingerprint density at radius 3 is 2.48 bits per heavy atom. The van der Waals surface area contributed by atoms with Crippen molar-refractivity contribution in [3.63, 3.8) is 0 Å². The van der Waals surface area contributed by atoms with Gasteiger partial charge in [0.2, 0.25) is 15.9 Å². The number of nitrogens with two attached hydrogens (primary N) is 1. The van der Waals surface area contributed by atoms with E-state index in [1.54, 1.807) is 0 Å². The van der Waals surface area contributed by atoms with E-state index in [-0.39, 0.29) is 43.6 Å². The zero-order valence-corrected chi connectivity index (χ0v) is 14.5. The fraction of sp³-hybridized carbons (Fsp3) is 0.500. The highest BCUT2D eigenvalue weighted by Crippen LogP contribution is 2.26. The minimum atomic E-state index is -4.02. The maximum atomic E-state index is 12.7. The molecule has 1 saturated heterocycles. The molecule has 1 atom stereocenters. The number of carbonyl (C=O) groups excluding carboxylic acids is 1. The SMILES string of the molecule is COCC(N)C(=O)N1CCN(S(=O)(=O)c2ccccc2[N+](=O)[O-])CC1. The first kappa shape index (κ1) is 19.2. The molecular weight excluding hydrogens is 352 g/mol. The number of amides is 1. The summed E-state index contributed by atoms with van der Waals surface area (Å²) in [5.41, 5.74) is 5.23. The van der Waals surface area contributed by atoms with Crippen molar-refractivity contribution in [3.05, 3.63) is 34.4 Å². The van der Waals surface area contributed by atoms with E-state index in [0.29, 0.717) is 0 Å². The monoisotopic (exact) mass is 372 g/mol. The number of nitrogens with zero attached hydrogens (tertiary/aromatic N) is 3. The van der Waals surface area contributed by atoms with E-state index in [0.717, 1.165) is 10.4 Å². The lowest BCUT2D eigenvalue weighted by Crippen LogP contribution is -2.55. The van der Waals surface area contributed by atoms with Gasteiger partial charge in [0, 0.05) is 39.4 Å². The molecule has 1 unspecified atom stereocenters. The maximum absolute atomic E-state index is 12.7. The summed E-state index contributed by atoms with van der Waals surface area (Å²) in [5.74, 6) is -0.315. The lowest BCUT2D eigenvalue weighted by molar-refractivity contribution is -0.387. The van der Waals surface area contributed by atoms with E-state index >= 15 is 0 Å². The summed E-state index contributed by atoms with van der Waals surface area (Å²) < 4.78 is 31.4. The van der Waals surface area contributed by atoms with Crippen molar-refractivity contribution >= 4 is 21.6 Å². The molecule has 1 aliphatic rings. The van der Waals surface area contributed by atoms with Gasteiger partial charge in [0.25, 0.3) is 5.69 Å². The van der Waals surface area contributed by atoms with Crippen LogP contribution in [0.5, 0.6) is 0 Å². The maximum Gasteiger partial charge on any atom is 0.289 e. The van der Waals surface area contributed by atoms with Crippen molar-refractivity contribution in [2.75, 3.05) is 39.9 Å². The molecule has 1 aliphatic heterocycles. The Kier molecular flexibility index (Phi) is 6.06. The second-order valence-electron chi connectivity index (χ2n) is 5.52. The summed E-state index contributed by atoms with van der Waals surface area (Å²) in [6, 6.07) is 4.40. The van der Waals surface area contributed by atoms with Crippen LogP contribution < -0.4 is 5.73 Å². The average Bonchev–Trinajstić information content (AvgIpc) is 2.61. The molecule has 10 nitrogen and oxygen atoms in total. The van der Waals surface area contributed by atoms with Crippen molar-refractivity contribution in [1.82, 2.24) is 9.21 Å². The van der Waals surface area contributed by atoms with Gasteiger partial charge in [-0.3, -0.25) is 14.9 Å². The molecule has 1 amide bonds. The normalized spacial score (nSPS) is 17.3. The van der Waals surface area contributed by atoms with Gasteiger partial charge < -0.3 is 15.4 Å². The van der Waals surface area contributed by atoms with Crippen LogP contribution in [0.4, 0.5) is 5.69 Å². The van der Waals surface area contributed by atoms with Crippen molar-refractivity contribution in [2.24, 2.45) is 5.73 Å². The Morgan fingerprint density at radius 2 is 1.92 bits per heavy atom. The third-order valence-corrected chi connectivity index (χ3v) is 5.84. The Hall–Kier alpha value is -2.08. The molecule has 0 aliphatic carbocycles. The van der Waals surface area contributed by atoms with Gasteiger partial charge in [-0.1, -0.05) is 12.1 Å². The number of benzene rings is 1. The summed E-state index contributed by atoms with van der Waals surface area (Å²) in [5, 5.41) is 11.1. The molecule has 0 bridgehead atoms. The van der Waals surface area contributed by atoms with Crippen LogP contribution in [0, 0.1) is 10.1 Å². The molecule has 25 heavy (non-hydrogen) atoms. The fourth-order valence-corrected chi connectivity index (χ4v) is 4.18. The van der Waals surface area contributed by atoms with Crippen LogP contribution in [0.1, 0.15) is 0 Å². The molecule has 2 rings (SSSR count). The number of carbonyl (C=O) groups is 1. The number of ether oxygens (including phenoxy) is 1. The molecule has 0 spiro atoms. The molecule has 11 heteroatoms. The number of piperazine rings is 1. The predicted octanol–water partition coefficient (Wildman–Crippen LogP) is -0.599. The molecule has 1 fully saturated rings. The largest absolute Gasteiger partial charge is 0.383 e. The van der Waals surface area contributed by atoms with Gasteiger partial charge in [-0.25, -0.2) is 8.42 Å². The van der Waals surface area contributed by atoms with Crippen molar-refractivity contribution < 1.29 is 22.9 Å². The van der Waals surface area contributed by atoms with E-state index in [1.165, 1.54) is 30.2 Å². The van der Waals surface area contributed by atoms with Crippen LogP contribution >= 0.6 is 0 Å². The van der Waals surface area contributed by atoms with Gasteiger partial charge >= 0.3 is 0 Å². The van der Waals surface area contributed by atoms with Crippen LogP contribution in [0.3, 0.4) is 0 Å². The molecule has 0 saturated carbocycles. The summed E-state index contributed by atoms with van der Waals surface area (Å²) in [4.78, 5) is 23.6. The van der Waals surface area contributed by atoms with Gasteiger partial charge in [0.05, 0.1) is 11.5 Å². The summed E-state index contributed by atoms with van der Waals surface area (Å²) in [7, 11) is -2.58. The van der Waals surface area contributed by atoms with Crippen molar-refractivity contribution in [1.29, 1.82) is 0 Å². The average molecular weight is 372 g/mol. The molecule has 2 N–H and O–H groups in total. The standard InChI is InChI=1S/C14H20N4O6S/c1-24-10-11(15)14(19)16-6-8-17(9-7-16)25(22,23)13-5-3-2-4-12(13)18(20)21/h2-5,11H,6-10,15H2,1H3. The Balaban J connectivity index is 2.12. The second-order valence-corrected chi connectivity index (χ2v) is 7.42. The molecule has 1 aromatic carbocycles. The highest BCUT2D eigenvalue weighted by Gasteiger charge is 2.35. The Bertz CT molecular complexity index is 745. The highest BCUT2D eigenvalue weighted by molar-refractivity contribution is 7.89. The lowest BCUT2D eigenvalue weighted by Gasteiger charge is -2.35. The number of methoxy groups -OCH3 is 1. The number of sulfonamides is 1. The van der Waals surface area contributed by atoms with Gasteiger partial charge in [0.15, 0.2) is 4.90 Å². The molecule has 1 heterocycles. The van der Waals surface area contributed by atoms with Crippen LogP contribution in [0.2, 0.25) is 0 Å². The molecule has 1 aromatic rings. The minimum Gasteiger partial charge on any atom is -0.383 e. The number of para-hydroxylation sites is 1. The number of hydrogen-bond donors (Lipinski definition) is 1. The molecule has 0 aromatic heterocycles. The summed E-state index contributed by atoms with van der Waals surface area (Å²) in [6.45, 7) is 0.486. The number of hydrogen-bond acceptors (Lipinski definition) is 7. The van der Waals surface area contributed by atoms with Crippen LogP contribution in [-0.2, 0) is 19.6 Å². The smallest absolute Gasteiger partial charge is 0.289 e. The van der Waals surface area contributed by atoms with Crippen LogP contribution in [-0.4, -0.2) is 74.4 Å². The van der Waals surface area contributed by atoms with Crippen molar-refractivity contribution in [3.8, 4) is 0 Å². The third kappa shape index (κ3) is 4.12. The highest BCUT2D eigenvalue weighted by atomic mass is 32.2. The lowest BCUT2D eigenvalue weighted by atomic mass is 10.2. The Labute approximate surface area is 145 Å². The zero-order chi connectivity index (χ0) is 18.6. The summed E-state index contributed by atoms with van der Waals surface area (Å²) in [6.07, 6.45) is 0. The number of nitro benzene ring substituents is 1. The molecule has 138 valence electrons. The first-order valence-corrected chi connectivity index (χ1v) is 9.00. The van der Waals surface area contributed by atoms with E-state index in [4.69, 9.17) is 10.5 Å². The quantitative estimate of drug-likeness (QED) is 0.520. The number of rotatable bonds is 6. The van der Waals surface area contributed by atoms with E-state index in [2.05, 4.69) is 0 Å². The van der Waals surface area contributed by atoms with Gasteiger partial charge in [-0.05, 0) is 6.07 Å². The summed E-state index contributed by atoms with van der Waals surface area (Å²) >= 11 is 0. The molecule has 0 radical (unpaired) electrons. The van der Waals surface area contributed by atoms with Gasteiger partial charge in [-0.2, -0.15) is 4.31 Å². The van der Waals surface area contributed by atoms with Crippen molar-refractivity contribution in [2.45, 2.75) is 10.9 Å². The second kappa shape index (κ2) is 7.87. The van der Waals surface area contributed by atoms with E-state index in [1.807, 2.05) is 0 Å². The fourth-order valence-electron chi connectivity index (χ4n) is 2.60. The third-order valence-electron chi connectivity index (χ3n) is 3.89. The van der Waals surface area contributed by atoms with E-state index in [9.17, 15) is 23.3 Å². The minimum absolute atomic E-state index is 0.0415. The first-order valence-electron chi connectivity index (χ1n) is 7.56. The topological polar surface area (TPSA) is 136 Å². The van der Waals surface area contributed by atoms with Gasteiger partial charge in [0.1, 0.15) is 6.04 Å².